The number of rotatable bonds is 3. The Morgan fingerprint density at radius 3 is 2.30 bits per heavy atom. The minimum absolute atomic E-state index is 0.654. The maximum atomic E-state index is 2.46. The van der Waals surface area contributed by atoms with Gasteiger partial charge in [-0.15, -0.1) is 0 Å². The molecular weight excluding hydrogens is 324 g/mol. The lowest BCUT2D eigenvalue weighted by atomic mass is 9.92. The van der Waals surface area contributed by atoms with Gasteiger partial charge in [-0.3, -0.25) is 0 Å². The minimum Gasteiger partial charge on any atom is -0.0648 e. The van der Waals surface area contributed by atoms with Gasteiger partial charge in [0.05, 0.1) is 0 Å². The Labute approximate surface area is 161 Å². The predicted molar refractivity (Wildman–Crippen MR) is 118 cm³/mol. The van der Waals surface area contributed by atoms with Gasteiger partial charge in [-0.25, -0.2) is 0 Å². The van der Waals surface area contributed by atoms with Crippen LogP contribution in [0.5, 0.6) is 0 Å². The van der Waals surface area contributed by atoms with E-state index in [2.05, 4.69) is 92.7 Å². The van der Waals surface area contributed by atoms with Crippen LogP contribution in [-0.2, 0) is 6.42 Å². The van der Waals surface area contributed by atoms with Crippen molar-refractivity contribution < 1.29 is 0 Å². The molecule has 1 unspecified atom stereocenters. The first-order valence-corrected chi connectivity index (χ1v) is 9.99. The summed E-state index contributed by atoms with van der Waals surface area (Å²) in [7, 11) is 0. The van der Waals surface area contributed by atoms with Crippen molar-refractivity contribution in [1.29, 1.82) is 0 Å². The number of hydrogen-bond donors (Lipinski definition) is 0. The van der Waals surface area contributed by atoms with E-state index in [1.54, 1.807) is 5.57 Å². The summed E-state index contributed by atoms with van der Waals surface area (Å²) in [6.45, 7) is 4.63. The molecule has 0 N–H and O–H groups in total. The summed E-state index contributed by atoms with van der Waals surface area (Å²) in [5.74, 6) is 0.654. The van der Waals surface area contributed by atoms with E-state index in [-0.39, 0.29) is 0 Å². The highest BCUT2D eigenvalue weighted by molar-refractivity contribution is 6.06. The summed E-state index contributed by atoms with van der Waals surface area (Å²) in [5.41, 5.74) is 7.18. The maximum Gasteiger partial charge on any atom is -0.00549 e. The maximum absolute atomic E-state index is 2.46. The molecule has 4 aromatic carbocycles. The fourth-order valence-electron chi connectivity index (χ4n) is 4.41. The molecule has 132 valence electrons. The van der Waals surface area contributed by atoms with E-state index in [9.17, 15) is 0 Å². The molecule has 0 amide bonds. The molecule has 0 heterocycles. The Morgan fingerprint density at radius 1 is 0.778 bits per heavy atom. The quantitative estimate of drug-likeness (QED) is 0.334. The van der Waals surface area contributed by atoms with Crippen molar-refractivity contribution in [3.8, 4) is 11.1 Å². The smallest absolute Gasteiger partial charge is 0.00549 e. The highest BCUT2D eigenvalue weighted by Crippen LogP contribution is 2.40. The number of fused-ring (bicyclic) bond motifs is 3. The summed E-state index contributed by atoms with van der Waals surface area (Å²) in [6.07, 6.45) is 4.76. The zero-order chi connectivity index (χ0) is 18.4. The minimum atomic E-state index is 0.654. The molecule has 0 radical (unpaired) electrons. The second-order valence-corrected chi connectivity index (χ2v) is 7.81. The second-order valence-electron chi connectivity index (χ2n) is 7.81. The van der Waals surface area contributed by atoms with Gasteiger partial charge in [0.15, 0.2) is 0 Å². The molecule has 5 rings (SSSR count). The van der Waals surface area contributed by atoms with Crippen molar-refractivity contribution in [3.05, 3.63) is 89.5 Å². The van der Waals surface area contributed by atoms with Crippen LogP contribution in [0.2, 0.25) is 0 Å². The van der Waals surface area contributed by atoms with Crippen molar-refractivity contribution in [1.82, 2.24) is 0 Å². The largest absolute Gasteiger partial charge is 0.0648 e. The summed E-state index contributed by atoms with van der Waals surface area (Å²) in [6, 6.07) is 26.8. The lowest BCUT2D eigenvalue weighted by Crippen LogP contribution is -1.96. The monoisotopic (exact) mass is 348 g/mol. The fraction of sp³-hybridized carbons (Fsp3) is 0.185. The van der Waals surface area contributed by atoms with Crippen LogP contribution in [0.3, 0.4) is 0 Å². The molecule has 0 heteroatoms. The molecule has 1 aliphatic rings. The van der Waals surface area contributed by atoms with Gasteiger partial charge in [0, 0.05) is 0 Å². The molecule has 0 aromatic heterocycles. The van der Waals surface area contributed by atoms with Crippen molar-refractivity contribution in [2.24, 2.45) is 5.92 Å². The van der Waals surface area contributed by atoms with Crippen LogP contribution in [0.25, 0.3) is 38.7 Å². The van der Waals surface area contributed by atoms with Crippen LogP contribution < -0.4 is 0 Å². The van der Waals surface area contributed by atoms with Crippen LogP contribution >= 0.6 is 0 Å². The van der Waals surface area contributed by atoms with Gasteiger partial charge in [0.2, 0.25) is 0 Å². The number of allylic oxidation sites excluding steroid dienone is 1. The Balaban J connectivity index is 1.75. The van der Waals surface area contributed by atoms with Gasteiger partial charge in [0.1, 0.15) is 0 Å². The van der Waals surface area contributed by atoms with E-state index in [0.717, 1.165) is 6.42 Å². The normalized spacial score (nSPS) is 14.4. The second kappa shape index (κ2) is 6.39. The van der Waals surface area contributed by atoms with E-state index in [0.29, 0.717) is 5.92 Å². The average Bonchev–Trinajstić information content (AvgIpc) is 3.15. The summed E-state index contributed by atoms with van der Waals surface area (Å²) in [4.78, 5) is 0. The van der Waals surface area contributed by atoms with Crippen molar-refractivity contribution in [3.63, 3.8) is 0 Å². The summed E-state index contributed by atoms with van der Waals surface area (Å²) in [5, 5.41) is 5.27. The van der Waals surface area contributed by atoms with Gasteiger partial charge >= 0.3 is 0 Å². The van der Waals surface area contributed by atoms with Crippen molar-refractivity contribution >= 4 is 27.6 Å². The highest BCUT2D eigenvalue weighted by atomic mass is 14.2. The molecule has 0 bridgehead atoms. The molecular formula is C27H24. The first-order chi connectivity index (χ1) is 13.2. The van der Waals surface area contributed by atoms with Crippen LogP contribution in [0, 0.1) is 5.92 Å². The molecule has 0 saturated carbocycles. The van der Waals surface area contributed by atoms with E-state index >= 15 is 0 Å². The first-order valence-electron chi connectivity index (χ1n) is 9.99. The molecule has 0 spiro atoms. The summed E-state index contributed by atoms with van der Waals surface area (Å²) >= 11 is 0. The predicted octanol–water partition coefficient (Wildman–Crippen LogP) is 7.65. The van der Waals surface area contributed by atoms with Crippen LogP contribution in [0.1, 0.15) is 31.4 Å². The SMILES string of the molecule is CCC(C)C1=Cc2c(cccc2-c2cccc3cc4ccccc4cc23)C1. The average molecular weight is 348 g/mol. The highest BCUT2D eigenvalue weighted by Gasteiger charge is 2.20. The number of hydrogen-bond acceptors (Lipinski definition) is 0. The lowest BCUT2D eigenvalue weighted by Gasteiger charge is -2.12. The molecule has 0 aliphatic heterocycles. The van der Waals surface area contributed by atoms with Gasteiger partial charge in [0.25, 0.3) is 0 Å². The molecule has 0 saturated heterocycles. The molecule has 27 heavy (non-hydrogen) atoms. The summed E-state index contributed by atoms with van der Waals surface area (Å²) < 4.78 is 0. The van der Waals surface area contributed by atoms with Crippen LogP contribution in [0.4, 0.5) is 0 Å². The lowest BCUT2D eigenvalue weighted by molar-refractivity contribution is 0.647. The molecule has 0 nitrogen and oxygen atoms in total. The molecule has 1 atom stereocenters. The van der Waals surface area contributed by atoms with Crippen LogP contribution in [-0.4, -0.2) is 0 Å². The van der Waals surface area contributed by atoms with Gasteiger partial charge in [-0.05, 0) is 74.7 Å². The zero-order valence-electron chi connectivity index (χ0n) is 16.0. The van der Waals surface area contributed by atoms with E-state index in [1.807, 2.05) is 0 Å². The van der Waals surface area contributed by atoms with Crippen molar-refractivity contribution in [2.75, 3.05) is 0 Å². The first kappa shape index (κ1) is 16.3. The van der Waals surface area contributed by atoms with Gasteiger partial charge in [-0.1, -0.05) is 86.2 Å². The topological polar surface area (TPSA) is 0 Å². The van der Waals surface area contributed by atoms with Crippen molar-refractivity contribution in [2.45, 2.75) is 26.7 Å². The van der Waals surface area contributed by atoms with E-state index in [4.69, 9.17) is 0 Å². The van der Waals surface area contributed by atoms with Crippen LogP contribution in [0.15, 0.2) is 78.4 Å². The fourth-order valence-corrected chi connectivity index (χ4v) is 4.41. The zero-order valence-corrected chi connectivity index (χ0v) is 16.0. The number of benzene rings is 4. The Bertz CT molecular complexity index is 1190. The van der Waals surface area contributed by atoms with Gasteiger partial charge in [-0.2, -0.15) is 0 Å². The molecule has 4 aromatic rings. The molecule has 0 fully saturated rings. The Hall–Kier alpha value is -2.86. The third-order valence-corrected chi connectivity index (χ3v) is 6.20. The van der Waals surface area contributed by atoms with E-state index < -0.39 is 0 Å². The van der Waals surface area contributed by atoms with Gasteiger partial charge < -0.3 is 0 Å². The standard InChI is InChI=1S/C27H24/c1-3-18(2)23-15-22-11-7-13-25(27(22)17-23)24-12-6-10-21-14-19-8-4-5-9-20(19)16-26(21)24/h4-14,16-18H,3,15H2,1-2H3. The Kier molecular flexibility index (Phi) is 3.86. The third kappa shape index (κ3) is 2.68. The Morgan fingerprint density at radius 2 is 1.48 bits per heavy atom. The van der Waals surface area contributed by atoms with E-state index in [1.165, 1.54) is 50.2 Å². The molecule has 1 aliphatic carbocycles. The third-order valence-electron chi connectivity index (χ3n) is 6.20.